The second-order valence-electron chi connectivity index (χ2n) is 4.63. The molecular formula is C14H15F3N2O4. The van der Waals surface area contributed by atoms with E-state index in [-0.39, 0.29) is 22.8 Å². The van der Waals surface area contributed by atoms with Gasteiger partial charge in [-0.25, -0.2) is 0 Å². The maximum absolute atomic E-state index is 12.0. The first-order chi connectivity index (χ1) is 10.6. The number of anilines is 1. The number of carbonyl (C=O) groups excluding carboxylic acids is 3. The number of Topliss-reactive ketones (excluding diaryl/α,β-unsaturated/α-hetero) is 1. The van der Waals surface area contributed by atoms with Gasteiger partial charge in [0.1, 0.15) is 12.3 Å². The summed E-state index contributed by atoms with van der Waals surface area (Å²) in [6.45, 7) is 0.400. The average Bonchev–Trinajstić information content (AvgIpc) is 2.42. The van der Waals surface area contributed by atoms with Crippen LogP contribution in [0.15, 0.2) is 18.2 Å². The van der Waals surface area contributed by atoms with E-state index in [1.807, 2.05) is 0 Å². The Morgan fingerprint density at radius 1 is 1.17 bits per heavy atom. The van der Waals surface area contributed by atoms with Crippen LogP contribution >= 0.6 is 0 Å². The molecule has 2 amide bonds. The van der Waals surface area contributed by atoms with Crippen molar-refractivity contribution in [3.8, 4) is 5.75 Å². The SMILES string of the molecule is CC(=O)Nc1ccc(C(C)=O)cc1OCC(=O)NCC(F)(F)F. The molecule has 0 radical (unpaired) electrons. The van der Waals surface area contributed by atoms with Gasteiger partial charge in [0.15, 0.2) is 12.4 Å². The Labute approximate surface area is 130 Å². The van der Waals surface area contributed by atoms with Crippen molar-refractivity contribution in [3.63, 3.8) is 0 Å². The van der Waals surface area contributed by atoms with Crippen molar-refractivity contribution in [1.29, 1.82) is 0 Å². The molecule has 0 spiro atoms. The van der Waals surface area contributed by atoms with Crippen LogP contribution < -0.4 is 15.4 Å². The quantitative estimate of drug-likeness (QED) is 0.779. The van der Waals surface area contributed by atoms with Gasteiger partial charge < -0.3 is 15.4 Å². The highest BCUT2D eigenvalue weighted by Gasteiger charge is 2.27. The minimum atomic E-state index is -4.52. The number of nitrogens with one attached hydrogen (secondary N) is 2. The van der Waals surface area contributed by atoms with E-state index in [0.717, 1.165) is 0 Å². The molecule has 0 aliphatic rings. The number of rotatable bonds is 6. The molecule has 6 nitrogen and oxygen atoms in total. The van der Waals surface area contributed by atoms with Gasteiger partial charge in [0, 0.05) is 12.5 Å². The number of ketones is 1. The highest BCUT2D eigenvalue weighted by Crippen LogP contribution is 2.26. The molecule has 0 unspecified atom stereocenters. The second-order valence-corrected chi connectivity index (χ2v) is 4.63. The maximum Gasteiger partial charge on any atom is 0.405 e. The Kier molecular flexibility index (Phi) is 6.11. The minimum Gasteiger partial charge on any atom is -0.482 e. The van der Waals surface area contributed by atoms with Crippen LogP contribution in [0.25, 0.3) is 0 Å². The van der Waals surface area contributed by atoms with Gasteiger partial charge in [0.05, 0.1) is 5.69 Å². The molecule has 2 N–H and O–H groups in total. The first kappa shape index (κ1) is 18.5. The van der Waals surface area contributed by atoms with Gasteiger partial charge in [0.2, 0.25) is 5.91 Å². The topological polar surface area (TPSA) is 84.5 Å². The molecule has 0 heterocycles. The van der Waals surface area contributed by atoms with Crippen LogP contribution in [0.5, 0.6) is 5.75 Å². The lowest BCUT2D eigenvalue weighted by Gasteiger charge is -2.13. The molecule has 0 aliphatic heterocycles. The van der Waals surface area contributed by atoms with E-state index in [1.54, 1.807) is 5.32 Å². The fraction of sp³-hybridized carbons (Fsp3) is 0.357. The summed E-state index contributed by atoms with van der Waals surface area (Å²) in [5.41, 5.74) is 0.468. The normalized spacial score (nSPS) is 10.8. The number of hydrogen-bond acceptors (Lipinski definition) is 4. The highest BCUT2D eigenvalue weighted by atomic mass is 19.4. The molecule has 0 saturated carbocycles. The third-order valence-corrected chi connectivity index (χ3v) is 2.54. The van der Waals surface area contributed by atoms with Crippen molar-refractivity contribution in [3.05, 3.63) is 23.8 Å². The third kappa shape index (κ3) is 6.81. The number of halogens is 3. The van der Waals surface area contributed by atoms with E-state index >= 15 is 0 Å². The fourth-order valence-corrected chi connectivity index (χ4v) is 1.55. The summed E-state index contributed by atoms with van der Waals surface area (Å²) in [4.78, 5) is 33.8. The Morgan fingerprint density at radius 3 is 2.35 bits per heavy atom. The molecule has 0 bridgehead atoms. The zero-order valence-corrected chi connectivity index (χ0v) is 12.4. The lowest BCUT2D eigenvalue weighted by Crippen LogP contribution is -2.36. The largest absolute Gasteiger partial charge is 0.482 e. The number of benzene rings is 1. The summed E-state index contributed by atoms with van der Waals surface area (Å²) >= 11 is 0. The lowest BCUT2D eigenvalue weighted by atomic mass is 10.1. The molecule has 1 rings (SSSR count). The van der Waals surface area contributed by atoms with Crippen molar-refractivity contribution >= 4 is 23.3 Å². The summed E-state index contributed by atoms with van der Waals surface area (Å²) in [6, 6.07) is 4.15. The molecule has 0 aliphatic carbocycles. The van der Waals surface area contributed by atoms with Crippen molar-refractivity contribution in [2.24, 2.45) is 0 Å². The third-order valence-electron chi connectivity index (χ3n) is 2.54. The Hall–Kier alpha value is -2.58. The molecule has 1 aromatic rings. The monoisotopic (exact) mass is 332 g/mol. The number of alkyl halides is 3. The van der Waals surface area contributed by atoms with Gasteiger partial charge in [-0.1, -0.05) is 0 Å². The van der Waals surface area contributed by atoms with E-state index in [4.69, 9.17) is 4.74 Å². The van der Waals surface area contributed by atoms with Crippen LogP contribution in [0.2, 0.25) is 0 Å². The van der Waals surface area contributed by atoms with Crippen LogP contribution in [0.4, 0.5) is 18.9 Å². The first-order valence-corrected chi connectivity index (χ1v) is 6.47. The summed E-state index contributed by atoms with van der Waals surface area (Å²) in [5.74, 6) is -1.66. The predicted octanol–water partition coefficient (Wildman–Crippen LogP) is 1.90. The first-order valence-electron chi connectivity index (χ1n) is 6.47. The van der Waals surface area contributed by atoms with E-state index in [0.29, 0.717) is 0 Å². The van der Waals surface area contributed by atoms with E-state index in [2.05, 4.69) is 5.32 Å². The lowest BCUT2D eigenvalue weighted by molar-refractivity contribution is -0.139. The van der Waals surface area contributed by atoms with Crippen LogP contribution in [-0.4, -0.2) is 36.9 Å². The van der Waals surface area contributed by atoms with Crippen molar-refractivity contribution in [2.75, 3.05) is 18.5 Å². The molecular weight excluding hydrogens is 317 g/mol. The van der Waals surface area contributed by atoms with E-state index in [9.17, 15) is 27.6 Å². The number of ether oxygens (including phenoxy) is 1. The van der Waals surface area contributed by atoms with Gasteiger partial charge in [-0.3, -0.25) is 14.4 Å². The van der Waals surface area contributed by atoms with Crippen LogP contribution in [0.3, 0.4) is 0 Å². The second kappa shape index (κ2) is 7.61. The predicted molar refractivity (Wildman–Crippen MR) is 75.3 cm³/mol. The molecule has 0 saturated heterocycles. The Morgan fingerprint density at radius 2 is 1.83 bits per heavy atom. The fourth-order valence-electron chi connectivity index (χ4n) is 1.55. The summed E-state index contributed by atoms with van der Waals surface area (Å²) < 4.78 is 41.1. The van der Waals surface area contributed by atoms with Gasteiger partial charge in [-0.05, 0) is 25.1 Å². The molecule has 1 aromatic carbocycles. The van der Waals surface area contributed by atoms with Gasteiger partial charge >= 0.3 is 6.18 Å². The minimum absolute atomic E-state index is 0.00931. The van der Waals surface area contributed by atoms with Gasteiger partial charge in [-0.2, -0.15) is 13.2 Å². The summed E-state index contributed by atoms with van der Waals surface area (Å²) in [5, 5.41) is 4.08. The number of hydrogen-bond donors (Lipinski definition) is 2. The molecule has 0 aromatic heterocycles. The van der Waals surface area contributed by atoms with Crippen LogP contribution in [0, 0.1) is 0 Å². The molecule has 0 atom stereocenters. The smallest absolute Gasteiger partial charge is 0.405 e. The van der Waals surface area contributed by atoms with Crippen molar-refractivity contribution in [2.45, 2.75) is 20.0 Å². The van der Waals surface area contributed by atoms with Crippen LogP contribution in [-0.2, 0) is 9.59 Å². The molecule has 9 heteroatoms. The zero-order valence-electron chi connectivity index (χ0n) is 12.4. The van der Waals surface area contributed by atoms with Gasteiger partial charge in [-0.15, -0.1) is 0 Å². The maximum atomic E-state index is 12.0. The molecule has 0 fully saturated rings. The average molecular weight is 332 g/mol. The highest BCUT2D eigenvalue weighted by molar-refractivity contribution is 5.96. The zero-order chi connectivity index (χ0) is 17.6. The number of amides is 2. The van der Waals surface area contributed by atoms with Crippen molar-refractivity contribution < 1.29 is 32.3 Å². The number of carbonyl (C=O) groups is 3. The Balaban J connectivity index is 2.79. The van der Waals surface area contributed by atoms with Gasteiger partial charge in [0.25, 0.3) is 5.91 Å². The summed E-state index contributed by atoms with van der Waals surface area (Å²) in [7, 11) is 0. The summed E-state index contributed by atoms with van der Waals surface area (Å²) in [6.07, 6.45) is -4.52. The van der Waals surface area contributed by atoms with Crippen molar-refractivity contribution in [1.82, 2.24) is 5.32 Å². The molecule has 23 heavy (non-hydrogen) atoms. The van der Waals surface area contributed by atoms with E-state index < -0.39 is 31.1 Å². The Bertz CT molecular complexity index is 615. The molecule has 126 valence electrons. The van der Waals surface area contributed by atoms with Crippen LogP contribution in [0.1, 0.15) is 24.2 Å². The van der Waals surface area contributed by atoms with E-state index in [1.165, 1.54) is 32.0 Å². The standard InChI is InChI=1S/C14H15F3N2O4/c1-8(20)10-3-4-11(19-9(2)21)12(5-10)23-6-13(22)18-7-14(15,16)17/h3-5H,6-7H2,1-2H3,(H,18,22)(H,19,21).